The van der Waals surface area contributed by atoms with Gasteiger partial charge in [-0.3, -0.25) is 14.1 Å². The number of piperidine rings is 1. The third-order valence-electron chi connectivity index (χ3n) is 6.43. The van der Waals surface area contributed by atoms with Crippen molar-refractivity contribution in [3.63, 3.8) is 0 Å². The van der Waals surface area contributed by atoms with Crippen LogP contribution in [0.3, 0.4) is 0 Å². The van der Waals surface area contributed by atoms with Gasteiger partial charge < -0.3 is 14.1 Å². The first-order chi connectivity index (χ1) is 18.5. The molecule has 0 aliphatic carbocycles. The Morgan fingerprint density at radius 3 is 2.49 bits per heavy atom. The summed E-state index contributed by atoms with van der Waals surface area (Å²) < 4.78 is 53.3. The molecule has 0 bridgehead atoms. The first kappa shape index (κ1) is 26.4. The maximum atomic E-state index is 14.2. The van der Waals surface area contributed by atoms with E-state index in [4.69, 9.17) is 9.15 Å². The lowest BCUT2D eigenvalue weighted by Gasteiger charge is -2.33. The number of likely N-dealkylation sites (tertiary alicyclic amines) is 1. The molecule has 10 nitrogen and oxygen atoms in total. The summed E-state index contributed by atoms with van der Waals surface area (Å²) in [4.78, 5) is 32.0. The van der Waals surface area contributed by atoms with Crippen LogP contribution in [0.25, 0.3) is 22.5 Å². The van der Waals surface area contributed by atoms with Gasteiger partial charge in [-0.25, -0.2) is 14.0 Å². The second kappa shape index (κ2) is 10.2. The molecule has 0 unspecified atom stereocenters. The van der Waals surface area contributed by atoms with E-state index in [2.05, 4.69) is 15.2 Å². The molecule has 13 heteroatoms. The van der Waals surface area contributed by atoms with E-state index in [1.807, 2.05) is 20.8 Å². The molecule has 1 fully saturated rings. The van der Waals surface area contributed by atoms with Gasteiger partial charge in [0.2, 0.25) is 5.89 Å². The van der Waals surface area contributed by atoms with Crippen molar-refractivity contribution < 1.29 is 27.1 Å². The van der Waals surface area contributed by atoms with Crippen LogP contribution in [0.1, 0.15) is 57.7 Å². The summed E-state index contributed by atoms with van der Waals surface area (Å²) in [7, 11) is 0. The fourth-order valence-electron chi connectivity index (χ4n) is 4.64. The van der Waals surface area contributed by atoms with Crippen molar-refractivity contribution in [1.29, 1.82) is 0 Å². The van der Waals surface area contributed by atoms with Gasteiger partial charge in [-0.15, -0.1) is 10.2 Å². The van der Waals surface area contributed by atoms with Gasteiger partial charge in [-0.2, -0.15) is 8.78 Å². The number of alkyl halides is 2. The number of rotatable bonds is 5. The van der Waals surface area contributed by atoms with E-state index < -0.39 is 29.8 Å². The summed E-state index contributed by atoms with van der Waals surface area (Å²) in [5, 5.41) is 6.91. The standard InChI is InChI=1S/C26H27F3N6O4/c1-26(2,3)39-25(37)33-10-8-18(9-11-33)35-19-7-5-16(27)12-20(19)34(24(35)36)14-17-6-4-15(13-30-17)22-31-32-23(38-22)21(28)29/h4-7,12-13,18,21H,8-11,14H2,1-3H3. The monoisotopic (exact) mass is 544 g/mol. The number of benzene rings is 1. The molecular formula is C26H27F3N6O4. The summed E-state index contributed by atoms with van der Waals surface area (Å²) in [6.07, 6.45) is -0.818. The fraction of sp³-hybridized carbons (Fsp3) is 0.423. The number of nitrogens with zero attached hydrogens (tertiary/aromatic N) is 6. The van der Waals surface area contributed by atoms with Gasteiger partial charge in [0.25, 0.3) is 5.89 Å². The number of carbonyl (C=O) groups is 1. The van der Waals surface area contributed by atoms with E-state index in [-0.39, 0.29) is 24.2 Å². The van der Waals surface area contributed by atoms with E-state index >= 15 is 0 Å². The molecular weight excluding hydrogens is 517 g/mol. The van der Waals surface area contributed by atoms with E-state index in [0.717, 1.165) is 0 Å². The van der Waals surface area contributed by atoms with Crippen LogP contribution in [0.4, 0.5) is 18.0 Å². The zero-order valence-corrected chi connectivity index (χ0v) is 21.6. The molecule has 0 saturated carbocycles. The summed E-state index contributed by atoms with van der Waals surface area (Å²) in [6, 6.07) is 7.18. The van der Waals surface area contributed by atoms with Crippen molar-refractivity contribution in [3.8, 4) is 11.5 Å². The van der Waals surface area contributed by atoms with Crippen molar-refractivity contribution in [2.75, 3.05) is 13.1 Å². The fourth-order valence-corrected chi connectivity index (χ4v) is 4.64. The van der Waals surface area contributed by atoms with Crippen LogP contribution >= 0.6 is 0 Å². The zero-order chi connectivity index (χ0) is 27.9. The highest BCUT2D eigenvalue weighted by atomic mass is 19.3. The number of aromatic nitrogens is 5. The molecule has 1 saturated heterocycles. The van der Waals surface area contributed by atoms with Crippen LogP contribution in [-0.4, -0.2) is 54.0 Å². The SMILES string of the molecule is CC(C)(C)OC(=O)N1CCC(n2c(=O)n(Cc3ccc(-c4nnc(C(F)F)o4)cn3)c3cc(F)ccc32)CC1. The maximum absolute atomic E-state index is 14.2. The second-order valence-corrected chi connectivity index (χ2v) is 10.4. The predicted molar refractivity (Wildman–Crippen MR) is 134 cm³/mol. The minimum atomic E-state index is -2.88. The Morgan fingerprint density at radius 1 is 1.13 bits per heavy atom. The van der Waals surface area contributed by atoms with Crippen LogP contribution in [0.15, 0.2) is 45.7 Å². The minimum absolute atomic E-state index is 0.0505. The molecule has 0 N–H and O–H groups in total. The first-order valence-corrected chi connectivity index (χ1v) is 12.5. The predicted octanol–water partition coefficient (Wildman–Crippen LogP) is 4.95. The molecule has 5 rings (SSSR count). The largest absolute Gasteiger partial charge is 0.444 e. The Bertz CT molecular complexity index is 1550. The molecule has 1 aliphatic heterocycles. The van der Waals surface area contributed by atoms with Crippen LogP contribution in [-0.2, 0) is 11.3 Å². The smallest absolute Gasteiger partial charge is 0.410 e. The highest BCUT2D eigenvalue weighted by Crippen LogP contribution is 2.28. The van der Waals surface area contributed by atoms with Crippen LogP contribution < -0.4 is 5.69 Å². The average molecular weight is 545 g/mol. The summed E-state index contributed by atoms with van der Waals surface area (Å²) >= 11 is 0. The maximum Gasteiger partial charge on any atom is 0.410 e. The highest BCUT2D eigenvalue weighted by molar-refractivity contribution is 5.76. The molecule has 206 valence electrons. The quantitative estimate of drug-likeness (QED) is 0.350. The average Bonchev–Trinajstić information content (AvgIpc) is 3.48. The Labute approximate surface area is 221 Å². The molecule has 4 heterocycles. The van der Waals surface area contributed by atoms with Gasteiger partial charge >= 0.3 is 18.2 Å². The Kier molecular flexibility index (Phi) is 6.91. The number of fused-ring (bicyclic) bond motifs is 1. The Hall–Kier alpha value is -4.16. The third-order valence-corrected chi connectivity index (χ3v) is 6.43. The van der Waals surface area contributed by atoms with Gasteiger partial charge in [-0.1, -0.05) is 0 Å². The van der Waals surface area contributed by atoms with Crippen LogP contribution in [0.5, 0.6) is 0 Å². The number of hydrogen-bond acceptors (Lipinski definition) is 7. The van der Waals surface area contributed by atoms with Crippen molar-refractivity contribution >= 4 is 17.1 Å². The number of imidazole rings is 1. The summed E-state index contributed by atoms with van der Waals surface area (Å²) in [5.74, 6) is -1.37. The van der Waals surface area contributed by atoms with Crippen molar-refractivity contribution in [2.45, 2.75) is 58.2 Å². The van der Waals surface area contributed by atoms with Gasteiger partial charge in [0.15, 0.2) is 0 Å². The summed E-state index contributed by atoms with van der Waals surface area (Å²) in [6.45, 7) is 6.32. The lowest BCUT2D eigenvalue weighted by molar-refractivity contribution is 0.0188. The van der Waals surface area contributed by atoms with E-state index in [0.29, 0.717) is 48.2 Å². The van der Waals surface area contributed by atoms with E-state index in [9.17, 15) is 22.8 Å². The van der Waals surface area contributed by atoms with Crippen LogP contribution in [0, 0.1) is 5.82 Å². The number of halogens is 3. The van der Waals surface area contributed by atoms with Crippen molar-refractivity contribution in [3.05, 3.63) is 64.4 Å². The first-order valence-electron chi connectivity index (χ1n) is 12.5. The lowest BCUT2D eigenvalue weighted by atomic mass is 10.0. The zero-order valence-electron chi connectivity index (χ0n) is 21.6. The molecule has 0 atom stereocenters. The molecule has 3 aromatic heterocycles. The van der Waals surface area contributed by atoms with Crippen LogP contribution in [0.2, 0.25) is 0 Å². The number of ether oxygens (including phenoxy) is 1. The van der Waals surface area contributed by atoms with Crippen molar-refractivity contribution in [2.24, 2.45) is 0 Å². The molecule has 1 amide bonds. The lowest BCUT2D eigenvalue weighted by Crippen LogP contribution is -2.43. The molecule has 4 aromatic rings. The Morgan fingerprint density at radius 2 is 1.87 bits per heavy atom. The van der Waals surface area contributed by atoms with E-state index in [1.54, 1.807) is 27.7 Å². The van der Waals surface area contributed by atoms with Crippen molar-refractivity contribution in [1.82, 2.24) is 29.2 Å². The number of amides is 1. The van der Waals surface area contributed by atoms with Gasteiger partial charge in [0.05, 0.1) is 28.8 Å². The van der Waals surface area contributed by atoms with Gasteiger partial charge in [0.1, 0.15) is 11.4 Å². The molecule has 0 radical (unpaired) electrons. The normalized spacial score (nSPS) is 14.9. The van der Waals surface area contributed by atoms with Gasteiger partial charge in [0, 0.05) is 25.3 Å². The number of pyridine rings is 1. The molecule has 1 aliphatic rings. The molecule has 0 spiro atoms. The number of hydrogen-bond donors (Lipinski definition) is 0. The van der Waals surface area contributed by atoms with E-state index in [1.165, 1.54) is 22.9 Å². The third kappa shape index (κ3) is 5.52. The summed E-state index contributed by atoms with van der Waals surface area (Å²) in [5.41, 5.74) is 0.899. The van der Waals surface area contributed by atoms with Gasteiger partial charge in [-0.05, 0) is 63.9 Å². The second-order valence-electron chi connectivity index (χ2n) is 10.4. The Balaban J connectivity index is 1.39. The topological polar surface area (TPSA) is 108 Å². The number of carbonyl (C=O) groups excluding carboxylic acids is 1. The molecule has 39 heavy (non-hydrogen) atoms. The molecule has 1 aromatic carbocycles. The highest BCUT2D eigenvalue weighted by Gasteiger charge is 2.30. The minimum Gasteiger partial charge on any atom is -0.444 e.